The van der Waals surface area contributed by atoms with Crippen molar-refractivity contribution in [3.05, 3.63) is 111 Å². The van der Waals surface area contributed by atoms with Crippen molar-refractivity contribution in [2.45, 2.75) is 25.9 Å². The maximum atomic E-state index is 6.18. The number of nitrogens with one attached hydrogen (secondary N) is 1. The van der Waals surface area contributed by atoms with E-state index in [0.717, 1.165) is 27.2 Å². The molecule has 5 rings (SSSR count). The number of pyridine rings is 1. The molecule has 0 bridgehead atoms. The van der Waals surface area contributed by atoms with Crippen molar-refractivity contribution in [3.8, 4) is 5.69 Å². The topological polar surface area (TPSA) is 33.1 Å². The molecule has 2 atom stereocenters. The zero-order valence-electron chi connectivity index (χ0n) is 18.2. The number of nitrogens with zero attached hydrogens (tertiary/aromatic N) is 3. The van der Waals surface area contributed by atoms with E-state index in [0.29, 0.717) is 10.1 Å². The second kappa shape index (κ2) is 8.93. The minimum atomic E-state index is -0.0918. The Kier molecular flexibility index (Phi) is 5.99. The number of hydrogen-bond donors (Lipinski definition) is 1. The van der Waals surface area contributed by atoms with Crippen LogP contribution >= 0.6 is 39.7 Å². The maximum absolute atomic E-state index is 6.18. The third-order valence-electron chi connectivity index (χ3n) is 6.06. The Morgan fingerprint density at radius 1 is 0.970 bits per heavy atom. The van der Waals surface area contributed by atoms with Gasteiger partial charge in [0, 0.05) is 38.5 Å². The molecule has 0 amide bonds. The number of benzene rings is 2. The van der Waals surface area contributed by atoms with Gasteiger partial charge in [-0.25, -0.2) is 0 Å². The maximum Gasteiger partial charge on any atom is 0.174 e. The van der Waals surface area contributed by atoms with Crippen molar-refractivity contribution >= 4 is 50.5 Å². The number of hydrogen-bond acceptors (Lipinski definition) is 2. The highest BCUT2D eigenvalue weighted by atomic mass is 79.9. The van der Waals surface area contributed by atoms with Crippen LogP contribution in [-0.4, -0.2) is 14.7 Å². The second-order valence-electron chi connectivity index (χ2n) is 8.11. The van der Waals surface area contributed by atoms with Gasteiger partial charge in [0.15, 0.2) is 5.11 Å². The van der Waals surface area contributed by atoms with Crippen molar-refractivity contribution in [2.24, 2.45) is 0 Å². The Balaban J connectivity index is 1.68. The highest BCUT2D eigenvalue weighted by Gasteiger charge is 2.42. The van der Waals surface area contributed by atoms with Crippen LogP contribution in [0.1, 0.15) is 34.7 Å². The van der Waals surface area contributed by atoms with Crippen LogP contribution in [0.15, 0.2) is 83.5 Å². The van der Waals surface area contributed by atoms with E-state index in [1.54, 1.807) is 0 Å². The zero-order chi connectivity index (χ0) is 23.1. The van der Waals surface area contributed by atoms with E-state index in [1.165, 1.54) is 11.3 Å². The van der Waals surface area contributed by atoms with Crippen LogP contribution in [0.25, 0.3) is 5.69 Å². The minimum Gasteiger partial charge on any atom is -0.351 e. The molecule has 2 aromatic heterocycles. The summed E-state index contributed by atoms with van der Waals surface area (Å²) in [5, 5.41) is 4.90. The van der Waals surface area contributed by atoms with Crippen LogP contribution < -0.4 is 10.2 Å². The van der Waals surface area contributed by atoms with Gasteiger partial charge in [0.05, 0.1) is 17.8 Å². The van der Waals surface area contributed by atoms with E-state index in [1.807, 2.05) is 54.7 Å². The molecule has 166 valence electrons. The fraction of sp³-hybridized carbons (Fsp3) is 0.154. The van der Waals surface area contributed by atoms with Crippen LogP contribution in [0.4, 0.5) is 5.69 Å². The zero-order valence-corrected chi connectivity index (χ0v) is 21.3. The van der Waals surface area contributed by atoms with Crippen molar-refractivity contribution in [1.82, 2.24) is 14.9 Å². The van der Waals surface area contributed by atoms with Crippen LogP contribution in [0.3, 0.4) is 0 Å². The summed E-state index contributed by atoms with van der Waals surface area (Å²) < 4.78 is 3.34. The summed E-state index contributed by atoms with van der Waals surface area (Å²) in [4.78, 5) is 6.84. The average Bonchev–Trinajstić information content (AvgIpc) is 3.30. The number of rotatable bonds is 4. The van der Waals surface area contributed by atoms with E-state index in [4.69, 9.17) is 23.8 Å². The van der Waals surface area contributed by atoms with Gasteiger partial charge in [0.2, 0.25) is 0 Å². The first-order valence-corrected chi connectivity index (χ1v) is 12.2. The molecule has 1 aliphatic rings. The fourth-order valence-corrected chi connectivity index (χ4v) is 5.51. The Hall–Kier alpha value is -2.67. The molecule has 0 radical (unpaired) electrons. The normalized spacial score (nSPS) is 17.9. The van der Waals surface area contributed by atoms with Gasteiger partial charge in [-0.05, 0) is 92.3 Å². The Morgan fingerprint density at radius 2 is 1.76 bits per heavy atom. The predicted molar refractivity (Wildman–Crippen MR) is 142 cm³/mol. The summed E-state index contributed by atoms with van der Waals surface area (Å²) in [7, 11) is 0. The van der Waals surface area contributed by atoms with Crippen molar-refractivity contribution < 1.29 is 0 Å². The van der Waals surface area contributed by atoms with Crippen LogP contribution in [-0.2, 0) is 0 Å². The van der Waals surface area contributed by atoms with Gasteiger partial charge in [0.25, 0.3) is 0 Å². The SMILES string of the molecule is Cc1cc([C@H]2[C@H](c3ccccn3)NC(=S)N2c2ccc(Cl)cc2)c(C)n1-c1cccc(Br)c1. The van der Waals surface area contributed by atoms with Gasteiger partial charge in [-0.1, -0.05) is 39.7 Å². The Labute approximate surface area is 212 Å². The van der Waals surface area contributed by atoms with Gasteiger partial charge >= 0.3 is 0 Å². The molecule has 0 unspecified atom stereocenters. The number of aromatic nitrogens is 2. The molecule has 1 saturated heterocycles. The minimum absolute atomic E-state index is 0.0688. The van der Waals surface area contributed by atoms with E-state index >= 15 is 0 Å². The lowest BCUT2D eigenvalue weighted by molar-refractivity contribution is 0.565. The molecule has 3 heterocycles. The summed E-state index contributed by atoms with van der Waals surface area (Å²) in [5.74, 6) is 0. The van der Waals surface area contributed by atoms with Crippen molar-refractivity contribution in [1.29, 1.82) is 0 Å². The largest absolute Gasteiger partial charge is 0.351 e. The molecule has 0 saturated carbocycles. The molecule has 1 fully saturated rings. The summed E-state index contributed by atoms with van der Waals surface area (Å²) >= 11 is 15.6. The standard InChI is InChI=1S/C26H22BrClN4S/c1-16-14-22(17(2)31(16)21-7-5-6-18(27)15-21)25-24(23-8-3-4-13-29-23)30-26(33)32(25)20-11-9-19(28)10-12-20/h3-15,24-25H,1-2H3,(H,30,33)/t24-,25-/m0/s1. The lowest BCUT2D eigenvalue weighted by Crippen LogP contribution is -2.29. The molecule has 33 heavy (non-hydrogen) atoms. The smallest absolute Gasteiger partial charge is 0.174 e. The average molecular weight is 538 g/mol. The molecule has 7 heteroatoms. The lowest BCUT2D eigenvalue weighted by atomic mass is 9.96. The summed E-state index contributed by atoms with van der Waals surface area (Å²) in [5.41, 5.74) is 6.59. The van der Waals surface area contributed by atoms with Gasteiger partial charge in [0.1, 0.15) is 0 Å². The third-order valence-corrected chi connectivity index (χ3v) is 7.12. The van der Waals surface area contributed by atoms with Gasteiger partial charge < -0.3 is 14.8 Å². The second-order valence-corrected chi connectivity index (χ2v) is 9.85. The third kappa shape index (κ3) is 4.07. The highest BCUT2D eigenvalue weighted by molar-refractivity contribution is 9.10. The van der Waals surface area contributed by atoms with Crippen LogP contribution in [0.5, 0.6) is 0 Å². The number of halogens is 2. The summed E-state index contributed by atoms with van der Waals surface area (Å²) in [6.45, 7) is 4.31. The molecule has 4 aromatic rings. The van der Waals surface area contributed by atoms with E-state index in [-0.39, 0.29) is 12.1 Å². The van der Waals surface area contributed by atoms with E-state index < -0.39 is 0 Å². The lowest BCUT2D eigenvalue weighted by Gasteiger charge is -2.28. The fourth-order valence-electron chi connectivity index (χ4n) is 4.65. The summed E-state index contributed by atoms with van der Waals surface area (Å²) in [6, 6.07) is 24.3. The molecule has 4 nitrogen and oxygen atoms in total. The van der Waals surface area contributed by atoms with E-state index in [9.17, 15) is 0 Å². The molecule has 2 aromatic carbocycles. The molecule has 0 spiro atoms. The van der Waals surface area contributed by atoms with Crippen molar-refractivity contribution in [2.75, 3.05) is 4.90 Å². The Morgan fingerprint density at radius 3 is 2.45 bits per heavy atom. The number of aryl methyl sites for hydroxylation is 1. The van der Waals surface area contributed by atoms with Gasteiger partial charge in [-0.3, -0.25) is 4.98 Å². The van der Waals surface area contributed by atoms with E-state index in [2.05, 4.69) is 73.8 Å². The van der Waals surface area contributed by atoms with Gasteiger partial charge in [-0.2, -0.15) is 0 Å². The van der Waals surface area contributed by atoms with Gasteiger partial charge in [-0.15, -0.1) is 0 Å². The molecular formula is C26H22BrClN4S. The van der Waals surface area contributed by atoms with Crippen molar-refractivity contribution in [3.63, 3.8) is 0 Å². The number of thiocarbonyl (C=S) groups is 1. The van der Waals surface area contributed by atoms with Crippen LogP contribution in [0.2, 0.25) is 5.02 Å². The molecule has 1 N–H and O–H groups in total. The highest BCUT2D eigenvalue weighted by Crippen LogP contribution is 2.44. The number of anilines is 1. The quantitative estimate of drug-likeness (QED) is 0.282. The first-order valence-electron chi connectivity index (χ1n) is 10.6. The summed E-state index contributed by atoms with van der Waals surface area (Å²) in [6.07, 6.45) is 1.83. The Bertz CT molecular complexity index is 1320. The van der Waals surface area contributed by atoms with Crippen LogP contribution in [0, 0.1) is 13.8 Å². The molecular weight excluding hydrogens is 516 g/mol. The predicted octanol–water partition coefficient (Wildman–Crippen LogP) is 7.08. The molecule has 1 aliphatic heterocycles. The molecule has 0 aliphatic carbocycles. The first kappa shape index (κ1) is 22.1. The first-order chi connectivity index (χ1) is 15.9. The monoisotopic (exact) mass is 536 g/mol.